The third-order valence-electron chi connectivity index (χ3n) is 5.07. The van der Waals surface area contributed by atoms with Crippen LogP contribution in [0.1, 0.15) is 34.5 Å². The van der Waals surface area contributed by atoms with Crippen molar-refractivity contribution in [1.29, 1.82) is 0 Å². The normalized spacial score (nSPS) is 15.6. The summed E-state index contributed by atoms with van der Waals surface area (Å²) in [7, 11) is 0. The molecule has 0 bridgehead atoms. The van der Waals surface area contributed by atoms with Gasteiger partial charge >= 0.3 is 0 Å². The fourth-order valence-electron chi connectivity index (χ4n) is 3.70. The maximum absolute atomic E-state index is 13.6. The predicted octanol–water partition coefficient (Wildman–Crippen LogP) is 5.17. The maximum Gasteiger partial charge on any atom is 0.255 e. The Bertz CT molecular complexity index is 1120. The Morgan fingerprint density at radius 2 is 1.84 bits per heavy atom. The number of carbonyl (C=O) groups excluding carboxylic acids is 2. The number of fused-ring (bicyclic) bond motifs is 1. The first kappa shape index (κ1) is 21.1. The highest BCUT2D eigenvalue weighted by molar-refractivity contribution is 9.10. The van der Waals surface area contributed by atoms with Crippen LogP contribution in [-0.2, 0) is 4.79 Å². The molecule has 1 heterocycles. The lowest BCUT2D eigenvalue weighted by Gasteiger charge is -2.31. The Morgan fingerprint density at radius 1 is 1.13 bits per heavy atom. The van der Waals surface area contributed by atoms with Gasteiger partial charge in [-0.25, -0.2) is 4.39 Å². The van der Waals surface area contributed by atoms with E-state index in [9.17, 15) is 14.0 Å². The molecule has 5 nitrogen and oxygen atoms in total. The molecule has 0 saturated carbocycles. The summed E-state index contributed by atoms with van der Waals surface area (Å²) >= 11 is 3.48. The molecule has 0 aromatic heterocycles. The van der Waals surface area contributed by atoms with Gasteiger partial charge in [0.05, 0.1) is 12.6 Å². The molecule has 0 radical (unpaired) electrons. The van der Waals surface area contributed by atoms with Crippen molar-refractivity contribution in [1.82, 2.24) is 4.90 Å². The largest absolute Gasteiger partial charge is 0.494 e. The Balaban J connectivity index is 1.82. The number of carbonyl (C=O) groups is 2. The molecule has 3 aromatic rings. The second-order valence-corrected chi connectivity index (χ2v) is 8.04. The molecule has 31 heavy (non-hydrogen) atoms. The van der Waals surface area contributed by atoms with Gasteiger partial charge in [-0.1, -0.05) is 28.1 Å². The SMILES string of the molecule is CCOc1ccc(C(=O)N2CC(=O)Nc3ccc(Br)cc3C2c2ccc(F)cc2)cc1. The van der Waals surface area contributed by atoms with Gasteiger partial charge in [0.1, 0.15) is 18.1 Å². The number of ether oxygens (including phenoxy) is 1. The summed E-state index contributed by atoms with van der Waals surface area (Å²) in [5, 5.41) is 2.88. The first-order chi connectivity index (χ1) is 15.0. The molecular formula is C24H20BrFN2O3. The van der Waals surface area contributed by atoms with E-state index in [2.05, 4.69) is 21.2 Å². The zero-order valence-electron chi connectivity index (χ0n) is 16.8. The zero-order valence-corrected chi connectivity index (χ0v) is 18.4. The van der Waals surface area contributed by atoms with Crippen LogP contribution in [0.15, 0.2) is 71.2 Å². The molecule has 7 heteroatoms. The van der Waals surface area contributed by atoms with E-state index in [4.69, 9.17) is 4.74 Å². The molecule has 1 N–H and O–H groups in total. The molecule has 1 unspecified atom stereocenters. The second-order valence-electron chi connectivity index (χ2n) is 7.12. The molecule has 0 saturated heterocycles. The predicted molar refractivity (Wildman–Crippen MR) is 120 cm³/mol. The van der Waals surface area contributed by atoms with E-state index < -0.39 is 6.04 Å². The average Bonchev–Trinajstić information content (AvgIpc) is 2.90. The van der Waals surface area contributed by atoms with E-state index in [-0.39, 0.29) is 24.2 Å². The van der Waals surface area contributed by atoms with Crippen LogP contribution in [0.25, 0.3) is 0 Å². The zero-order chi connectivity index (χ0) is 22.0. The molecule has 1 atom stereocenters. The summed E-state index contributed by atoms with van der Waals surface area (Å²) < 4.78 is 19.9. The molecule has 0 spiro atoms. The van der Waals surface area contributed by atoms with Gasteiger partial charge in [-0.3, -0.25) is 9.59 Å². The van der Waals surface area contributed by atoms with E-state index in [1.807, 2.05) is 19.1 Å². The fourth-order valence-corrected chi connectivity index (χ4v) is 4.08. The van der Waals surface area contributed by atoms with Crippen LogP contribution >= 0.6 is 15.9 Å². The van der Waals surface area contributed by atoms with Crippen LogP contribution in [0, 0.1) is 5.82 Å². The molecule has 3 aromatic carbocycles. The quantitative estimate of drug-likeness (QED) is 0.557. The minimum atomic E-state index is -0.578. The highest BCUT2D eigenvalue weighted by Gasteiger charge is 2.34. The van der Waals surface area contributed by atoms with Crippen molar-refractivity contribution in [2.24, 2.45) is 0 Å². The van der Waals surface area contributed by atoms with Crippen molar-refractivity contribution >= 4 is 33.4 Å². The summed E-state index contributed by atoms with van der Waals surface area (Å²) in [6, 6.07) is 17.7. The van der Waals surface area contributed by atoms with Gasteiger partial charge < -0.3 is 15.0 Å². The molecule has 0 fully saturated rings. The van der Waals surface area contributed by atoms with Crippen LogP contribution in [-0.4, -0.2) is 29.9 Å². The third-order valence-corrected chi connectivity index (χ3v) is 5.56. The second kappa shape index (κ2) is 8.89. The van der Waals surface area contributed by atoms with E-state index in [0.717, 1.165) is 10.0 Å². The number of nitrogens with one attached hydrogen (secondary N) is 1. The lowest BCUT2D eigenvalue weighted by atomic mass is 9.95. The highest BCUT2D eigenvalue weighted by atomic mass is 79.9. The molecular weight excluding hydrogens is 463 g/mol. The highest BCUT2D eigenvalue weighted by Crippen LogP contribution is 2.38. The van der Waals surface area contributed by atoms with E-state index in [1.54, 1.807) is 42.5 Å². The van der Waals surface area contributed by atoms with Crippen LogP contribution in [0.4, 0.5) is 10.1 Å². The standard InChI is InChI=1S/C24H20BrFN2O3/c1-2-31-19-10-5-16(6-11-19)24(30)28-14-22(29)27-21-12-7-17(25)13-20(21)23(28)15-3-8-18(26)9-4-15/h3-13,23H,2,14H2,1H3,(H,27,29). The molecule has 1 aliphatic heterocycles. The van der Waals surface area contributed by atoms with Crippen LogP contribution in [0.2, 0.25) is 0 Å². The molecule has 4 rings (SSSR count). The number of nitrogens with zero attached hydrogens (tertiary/aromatic N) is 1. The summed E-state index contributed by atoms with van der Waals surface area (Å²) in [5.74, 6) is -0.310. The minimum Gasteiger partial charge on any atom is -0.494 e. The lowest BCUT2D eigenvalue weighted by Crippen LogP contribution is -2.39. The third kappa shape index (κ3) is 4.46. The van der Waals surface area contributed by atoms with Crippen LogP contribution in [0.3, 0.4) is 0 Å². The monoisotopic (exact) mass is 482 g/mol. The summed E-state index contributed by atoms with van der Waals surface area (Å²) in [5.41, 5.74) is 2.49. The van der Waals surface area contributed by atoms with Gasteiger partial charge in [-0.05, 0) is 67.1 Å². The number of amides is 2. The molecule has 1 aliphatic rings. The van der Waals surface area contributed by atoms with Gasteiger partial charge in [0, 0.05) is 21.3 Å². The van der Waals surface area contributed by atoms with Crippen LogP contribution in [0.5, 0.6) is 5.75 Å². The fraction of sp³-hybridized carbons (Fsp3) is 0.167. The Kier molecular flexibility index (Phi) is 6.04. The van der Waals surface area contributed by atoms with Crippen LogP contribution < -0.4 is 10.1 Å². The summed E-state index contributed by atoms with van der Waals surface area (Å²) in [4.78, 5) is 27.7. The lowest BCUT2D eigenvalue weighted by molar-refractivity contribution is -0.117. The summed E-state index contributed by atoms with van der Waals surface area (Å²) in [6.45, 7) is 2.27. The van der Waals surface area contributed by atoms with Gasteiger partial charge in [0.15, 0.2) is 0 Å². The number of anilines is 1. The van der Waals surface area contributed by atoms with Crippen molar-refractivity contribution in [2.45, 2.75) is 13.0 Å². The number of halogens is 2. The summed E-state index contributed by atoms with van der Waals surface area (Å²) in [6.07, 6.45) is 0. The Hall–Kier alpha value is -3.19. The van der Waals surface area contributed by atoms with Gasteiger partial charge in [0.25, 0.3) is 5.91 Å². The van der Waals surface area contributed by atoms with E-state index >= 15 is 0 Å². The Morgan fingerprint density at radius 3 is 2.52 bits per heavy atom. The van der Waals surface area contributed by atoms with E-state index in [1.165, 1.54) is 17.0 Å². The number of hydrogen-bond acceptors (Lipinski definition) is 3. The van der Waals surface area contributed by atoms with Gasteiger partial charge in [0.2, 0.25) is 5.91 Å². The van der Waals surface area contributed by atoms with Crippen molar-refractivity contribution in [3.63, 3.8) is 0 Å². The van der Waals surface area contributed by atoms with Crippen molar-refractivity contribution in [3.05, 3.63) is 93.7 Å². The molecule has 0 aliphatic carbocycles. The number of hydrogen-bond donors (Lipinski definition) is 1. The Labute approximate surface area is 188 Å². The topological polar surface area (TPSA) is 58.6 Å². The van der Waals surface area contributed by atoms with Crippen molar-refractivity contribution < 1.29 is 18.7 Å². The van der Waals surface area contributed by atoms with Crippen molar-refractivity contribution in [2.75, 3.05) is 18.5 Å². The van der Waals surface area contributed by atoms with Gasteiger partial charge in [-0.15, -0.1) is 0 Å². The first-order valence-electron chi connectivity index (χ1n) is 9.85. The minimum absolute atomic E-state index is 0.139. The first-order valence-corrected chi connectivity index (χ1v) is 10.6. The van der Waals surface area contributed by atoms with Crippen molar-refractivity contribution in [3.8, 4) is 5.75 Å². The maximum atomic E-state index is 13.6. The number of rotatable bonds is 4. The van der Waals surface area contributed by atoms with Gasteiger partial charge in [-0.2, -0.15) is 0 Å². The molecule has 2 amide bonds. The van der Waals surface area contributed by atoms with E-state index in [0.29, 0.717) is 29.2 Å². The average molecular weight is 483 g/mol. The number of benzene rings is 3. The smallest absolute Gasteiger partial charge is 0.255 e. The molecule has 158 valence electrons.